The Balaban J connectivity index is 1.34. The van der Waals surface area contributed by atoms with Crippen molar-refractivity contribution in [2.24, 2.45) is 5.92 Å². The highest BCUT2D eigenvalue weighted by atomic mass is 16.5. The quantitative estimate of drug-likeness (QED) is 0.836. The van der Waals surface area contributed by atoms with Crippen LogP contribution in [0.3, 0.4) is 0 Å². The van der Waals surface area contributed by atoms with Gasteiger partial charge in [-0.3, -0.25) is 14.7 Å². The number of amides is 1. The Labute approximate surface area is 159 Å². The molecular weight excluding hydrogens is 340 g/mol. The number of carbonyl (C=O) groups is 1. The summed E-state index contributed by atoms with van der Waals surface area (Å²) in [6.45, 7) is 3.63. The fraction of sp³-hybridized carbons (Fsp3) is 0.571. The first-order chi connectivity index (χ1) is 13.3. The lowest BCUT2D eigenvalue weighted by molar-refractivity contribution is 0.0541. The molecule has 1 aliphatic carbocycles. The number of pyridine rings is 1. The van der Waals surface area contributed by atoms with E-state index < -0.39 is 0 Å². The second kappa shape index (κ2) is 7.08. The zero-order chi connectivity index (χ0) is 18.2. The number of aromatic nitrogens is 2. The van der Waals surface area contributed by atoms with Crippen LogP contribution in [-0.4, -0.2) is 51.5 Å². The molecule has 0 radical (unpaired) electrons. The van der Waals surface area contributed by atoms with Crippen LogP contribution >= 0.6 is 0 Å². The largest absolute Gasteiger partial charge is 0.350 e. The van der Waals surface area contributed by atoms with Gasteiger partial charge in [0.1, 0.15) is 0 Å². The third kappa shape index (κ3) is 3.27. The number of nitrogens with zero attached hydrogens (tertiary/aromatic N) is 4. The van der Waals surface area contributed by atoms with Crippen LogP contribution in [0.25, 0.3) is 0 Å². The van der Waals surface area contributed by atoms with Gasteiger partial charge < -0.3 is 9.42 Å². The Hall–Kier alpha value is -2.21. The van der Waals surface area contributed by atoms with E-state index in [2.05, 4.69) is 26.0 Å². The normalized spacial score (nSPS) is 25.3. The van der Waals surface area contributed by atoms with Crippen molar-refractivity contribution in [3.8, 4) is 0 Å². The molecule has 0 saturated carbocycles. The number of fused-ring (bicyclic) bond motifs is 5. The van der Waals surface area contributed by atoms with Crippen LogP contribution in [0.4, 0.5) is 0 Å². The molecule has 142 valence electrons. The molecule has 27 heavy (non-hydrogen) atoms. The van der Waals surface area contributed by atoms with E-state index in [-0.39, 0.29) is 11.9 Å². The van der Waals surface area contributed by atoms with Gasteiger partial charge in [0.05, 0.1) is 11.4 Å². The van der Waals surface area contributed by atoms with E-state index in [0.29, 0.717) is 11.7 Å². The molecule has 5 heterocycles. The molecule has 3 aliphatic heterocycles. The summed E-state index contributed by atoms with van der Waals surface area (Å²) in [5.41, 5.74) is 3.17. The minimum atomic E-state index is 0.0556. The number of piperidine rings is 1. The molecule has 0 N–H and O–H groups in total. The molecule has 6 rings (SSSR count). The molecule has 0 unspecified atom stereocenters. The Morgan fingerprint density at radius 3 is 2.96 bits per heavy atom. The summed E-state index contributed by atoms with van der Waals surface area (Å²) in [7, 11) is 0. The first-order valence-electron chi connectivity index (χ1n) is 10.2. The SMILES string of the molecule is O=C(c1onc2c1CCCC2)N1C[C@H]2CC[C@@H]1CN(Cc1ccccn1)C2. The average Bonchev–Trinajstić information content (AvgIpc) is 2.94. The average molecular weight is 366 g/mol. The summed E-state index contributed by atoms with van der Waals surface area (Å²) < 4.78 is 5.54. The summed E-state index contributed by atoms with van der Waals surface area (Å²) >= 11 is 0. The van der Waals surface area contributed by atoms with Crippen LogP contribution in [0.2, 0.25) is 0 Å². The van der Waals surface area contributed by atoms with Gasteiger partial charge in [-0.15, -0.1) is 0 Å². The van der Waals surface area contributed by atoms with Gasteiger partial charge in [-0.25, -0.2) is 0 Å². The van der Waals surface area contributed by atoms with E-state index in [1.54, 1.807) is 0 Å². The van der Waals surface area contributed by atoms with Crippen LogP contribution < -0.4 is 0 Å². The predicted molar refractivity (Wildman–Crippen MR) is 100 cm³/mol. The highest BCUT2D eigenvalue weighted by Gasteiger charge is 2.39. The molecule has 0 spiro atoms. The van der Waals surface area contributed by atoms with Gasteiger partial charge >= 0.3 is 0 Å². The standard InChI is InChI=1S/C21H26N4O2/c26-21(20-18-6-1-2-7-19(18)23-27-20)25-12-15-8-9-17(25)14-24(11-15)13-16-5-3-4-10-22-16/h3-5,10,15,17H,1-2,6-9,11-14H2/t15-,17+/m0/s1. The third-order valence-corrected chi connectivity index (χ3v) is 6.32. The lowest BCUT2D eigenvalue weighted by Crippen LogP contribution is -2.47. The molecular formula is C21H26N4O2. The number of carbonyl (C=O) groups excluding carboxylic acids is 1. The minimum absolute atomic E-state index is 0.0556. The van der Waals surface area contributed by atoms with E-state index in [1.165, 1.54) is 6.42 Å². The monoisotopic (exact) mass is 366 g/mol. The summed E-state index contributed by atoms with van der Waals surface area (Å²) in [4.78, 5) is 22.3. The van der Waals surface area contributed by atoms with Gasteiger partial charge in [-0.1, -0.05) is 11.2 Å². The smallest absolute Gasteiger partial charge is 0.293 e. The maximum absolute atomic E-state index is 13.3. The summed E-state index contributed by atoms with van der Waals surface area (Å²) in [5, 5.41) is 4.19. The van der Waals surface area contributed by atoms with Crippen molar-refractivity contribution in [3.63, 3.8) is 0 Å². The van der Waals surface area contributed by atoms with Gasteiger partial charge in [0.2, 0.25) is 5.76 Å². The molecule has 1 amide bonds. The molecule has 3 fully saturated rings. The molecule has 3 saturated heterocycles. The van der Waals surface area contributed by atoms with Crippen molar-refractivity contribution in [2.75, 3.05) is 19.6 Å². The van der Waals surface area contributed by atoms with Crippen molar-refractivity contribution in [1.29, 1.82) is 0 Å². The number of aryl methyl sites for hydroxylation is 1. The second-order valence-electron chi connectivity index (χ2n) is 8.21. The highest BCUT2D eigenvalue weighted by molar-refractivity contribution is 5.93. The fourth-order valence-electron chi connectivity index (χ4n) is 4.97. The first kappa shape index (κ1) is 16.9. The molecule has 2 atom stereocenters. The third-order valence-electron chi connectivity index (χ3n) is 6.32. The van der Waals surface area contributed by atoms with E-state index in [9.17, 15) is 4.79 Å². The molecule has 0 aromatic carbocycles. The second-order valence-corrected chi connectivity index (χ2v) is 8.21. The molecule has 4 aliphatic rings. The molecule has 2 aromatic heterocycles. The topological polar surface area (TPSA) is 62.5 Å². The minimum Gasteiger partial charge on any atom is -0.350 e. The van der Waals surface area contributed by atoms with Crippen molar-refractivity contribution >= 4 is 5.91 Å². The summed E-state index contributed by atoms with van der Waals surface area (Å²) in [5.74, 6) is 1.09. The number of rotatable bonds is 3. The lowest BCUT2D eigenvalue weighted by atomic mass is 9.93. The van der Waals surface area contributed by atoms with E-state index >= 15 is 0 Å². The highest BCUT2D eigenvalue weighted by Crippen LogP contribution is 2.32. The van der Waals surface area contributed by atoms with Crippen LogP contribution in [0.1, 0.15) is 53.2 Å². The van der Waals surface area contributed by atoms with Crippen molar-refractivity contribution in [2.45, 2.75) is 51.1 Å². The summed E-state index contributed by atoms with van der Waals surface area (Å²) in [6.07, 6.45) is 8.25. The Morgan fingerprint density at radius 1 is 1.15 bits per heavy atom. The Bertz CT molecular complexity index is 819. The summed E-state index contributed by atoms with van der Waals surface area (Å²) in [6, 6.07) is 6.33. The van der Waals surface area contributed by atoms with Crippen molar-refractivity contribution in [3.05, 3.63) is 47.1 Å². The van der Waals surface area contributed by atoms with Gasteiger partial charge in [-0.2, -0.15) is 0 Å². The maximum atomic E-state index is 13.3. The number of hydrogen-bond donors (Lipinski definition) is 0. The van der Waals surface area contributed by atoms with Gasteiger partial charge in [-0.05, 0) is 56.6 Å². The zero-order valence-corrected chi connectivity index (χ0v) is 15.6. The zero-order valence-electron chi connectivity index (χ0n) is 15.6. The predicted octanol–water partition coefficient (Wildman–Crippen LogP) is 2.69. The van der Waals surface area contributed by atoms with Gasteiger partial charge in [0.25, 0.3) is 5.91 Å². The molecule has 6 nitrogen and oxygen atoms in total. The molecule has 6 heteroatoms. The van der Waals surface area contributed by atoms with E-state index in [0.717, 1.165) is 75.2 Å². The van der Waals surface area contributed by atoms with Crippen LogP contribution in [-0.2, 0) is 19.4 Å². The number of hydrogen-bond acceptors (Lipinski definition) is 5. The van der Waals surface area contributed by atoms with Crippen LogP contribution in [0.15, 0.2) is 28.9 Å². The molecule has 2 bridgehead atoms. The maximum Gasteiger partial charge on any atom is 0.293 e. The van der Waals surface area contributed by atoms with Crippen LogP contribution in [0, 0.1) is 5.92 Å². The fourth-order valence-corrected chi connectivity index (χ4v) is 4.97. The van der Waals surface area contributed by atoms with Crippen LogP contribution in [0.5, 0.6) is 0 Å². The lowest BCUT2D eigenvalue weighted by Gasteiger charge is -2.35. The first-order valence-corrected chi connectivity index (χ1v) is 10.2. The molecule has 2 aromatic rings. The van der Waals surface area contributed by atoms with Crippen molar-refractivity contribution < 1.29 is 9.32 Å². The van der Waals surface area contributed by atoms with E-state index in [4.69, 9.17) is 4.52 Å². The van der Waals surface area contributed by atoms with Crippen molar-refractivity contribution in [1.82, 2.24) is 19.9 Å². The Morgan fingerprint density at radius 2 is 2.07 bits per heavy atom. The van der Waals surface area contributed by atoms with Gasteiger partial charge in [0, 0.05) is 44.0 Å². The van der Waals surface area contributed by atoms with E-state index in [1.807, 2.05) is 18.3 Å². The van der Waals surface area contributed by atoms with Gasteiger partial charge in [0.15, 0.2) is 0 Å². The Kier molecular flexibility index (Phi) is 4.44.